The molecule has 1 spiro atoms. The van der Waals surface area contributed by atoms with Crippen LogP contribution in [0.1, 0.15) is 39.5 Å². The molecule has 3 heterocycles. The number of para-hydroxylation sites is 2. The second-order valence-electron chi connectivity index (χ2n) is 10.6. The van der Waals surface area contributed by atoms with Crippen LogP contribution in [0.5, 0.6) is 0 Å². The Morgan fingerprint density at radius 1 is 0.912 bits per heavy atom. The smallest absolute Gasteiger partial charge is 0.245 e. The van der Waals surface area contributed by atoms with Gasteiger partial charge in [-0.05, 0) is 82.3 Å². The minimum atomic E-state index is -3.26. The van der Waals surface area contributed by atoms with Crippen molar-refractivity contribution in [2.24, 2.45) is 5.41 Å². The van der Waals surface area contributed by atoms with Crippen molar-refractivity contribution in [2.75, 3.05) is 37.3 Å². The normalized spacial score (nSPS) is 22.3. The molecular formula is C26H33N3O3S2. The van der Waals surface area contributed by atoms with Gasteiger partial charge in [0.25, 0.3) is 0 Å². The molecule has 0 aromatic heterocycles. The Bertz CT molecular complexity index is 1160. The van der Waals surface area contributed by atoms with Crippen LogP contribution in [0, 0.1) is 5.41 Å². The molecule has 3 aliphatic rings. The third-order valence-corrected chi connectivity index (χ3v) is 10.3. The number of piperidine rings is 2. The fourth-order valence-corrected chi connectivity index (χ4v) is 8.24. The molecule has 0 aliphatic carbocycles. The van der Waals surface area contributed by atoms with E-state index in [1.807, 2.05) is 55.1 Å². The predicted octanol–water partition coefficient (Wildman–Crippen LogP) is 4.73. The second kappa shape index (κ2) is 8.66. The third kappa shape index (κ3) is 4.41. The lowest BCUT2D eigenvalue weighted by molar-refractivity contribution is -0.119. The fraction of sp³-hybridized carbons (Fsp3) is 0.500. The summed E-state index contributed by atoms with van der Waals surface area (Å²) < 4.78 is 26.7. The van der Waals surface area contributed by atoms with Crippen molar-refractivity contribution in [3.8, 4) is 0 Å². The lowest BCUT2D eigenvalue weighted by Gasteiger charge is -2.52. The summed E-state index contributed by atoms with van der Waals surface area (Å²) in [5, 5.41) is 0. The molecule has 0 saturated carbocycles. The molecular weight excluding hydrogens is 466 g/mol. The van der Waals surface area contributed by atoms with Crippen molar-refractivity contribution in [2.45, 2.75) is 54.9 Å². The minimum absolute atomic E-state index is 0.0130. The summed E-state index contributed by atoms with van der Waals surface area (Å²) in [6, 6.07) is 16.2. The molecule has 2 saturated heterocycles. The molecule has 2 aromatic carbocycles. The van der Waals surface area contributed by atoms with E-state index in [4.69, 9.17) is 0 Å². The van der Waals surface area contributed by atoms with E-state index >= 15 is 0 Å². The maximum atomic E-state index is 13.6. The number of likely N-dealkylation sites (tertiary alicyclic amines) is 1. The van der Waals surface area contributed by atoms with Crippen molar-refractivity contribution in [3.63, 3.8) is 0 Å². The highest BCUT2D eigenvalue weighted by molar-refractivity contribution is 7.99. The zero-order valence-corrected chi connectivity index (χ0v) is 21.8. The number of hydrogen-bond donors (Lipinski definition) is 0. The first-order valence-corrected chi connectivity index (χ1v) is 14.6. The Kier molecular flexibility index (Phi) is 6.07. The zero-order valence-electron chi connectivity index (χ0n) is 20.2. The van der Waals surface area contributed by atoms with E-state index in [-0.39, 0.29) is 16.9 Å². The summed E-state index contributed by atoms with van der Waals surface area (Å²) in [5.74, 6) is 0.0821. The van der Waals surface area contributed by atoms with Gasteiger partial charge < -0.3 is 0 Å². The molecule has 0 radical (unpaired) electrons. The molecule has 34 heavy (non-hydrogen) atoms. The number of sulfonamides is 1. The van der Waals surface area contributed by atoms with Gasteiger partial charge in [0, 0.05) is 21.9 Å². The summed E-state index contributed by atoms with van der Waals surface area (Å²) in [4.78, 5) is 19.9. The molecule has 8 heteroatoms. The molecule has 0 bridgehead atoms. The van der Waals surface area contributed by atoms with Crippen LogP contribution in [0.4, 0.5) is 11.4 Å². The van der Waals surface area contributed by atoms with Crippen LogP contribution in [-0.2, 0) is 14.8 Å². The molecule has 5 rings (SSSR count). The molecule has 2 aromatic rings. The Hall–Kier alpha value is -1.87. The number of carbonyl (C=O) groups is 1. The summed E-state index contributed by atoms with van der Waals surface area (Å²) in [6.07, 6.45) is 5.08. The van der Waals surface area contributed by atoms with Crippen LogP contribution >= 0.6 is 11.8 Å². The largest absolute Gasteiger partial charge is 0.294 e. The molecule has 1 amide bonds. The van der Waals surface area contributed by atoms with Gasteiger partial charge in [0.05, 0.1) is 24.2 Å². The minimum Gasteiger partial charge on any atom is -0.294 e. The maximum absolute atomic E-state index is 13.6. The van der Waals surface area contributed by atoms with Gasteiger partial charge in [-0.15, -0.1) is 0 Å². The van der Waals surface area contributed by atoms with Crippen molar-refractivity contribution >= 4 is 39.1 Å². The second-order valence-corrected chi connectivity index (χ2v) is 13.6. The lowest BCUT2D eigenvalue weighted by atomic mass is 9.69. The average molecular weight is 500 g/mol. The number of nitrogens with zero attached hydrogens (tertiary/aromatic N) is 3. The predicted molar refractivity (Wildman–Crippen MR) is 137 cm³/mol. The number of hydrogen-bond acceptors (Lipinski definition) is 5. The van der Waals surface area contributed by atoms with Gasteiger partial charge in [-0.1, -0.05) is 36.0 Å². The first-order chi connectivity index (χ1) is 16.1. The van der Waals surface area contributed by atoms with Gasteiger partial charge in [0.15, 0.2) is 0 Å². The molecule has 182 valence electrons. The van der Waals surface area contributed by atoms with Gasteiger partial charge >= 0.3 is 0 Å². The van der Waals surface area contributed by atoms with E-state index < -0.39 is 10.0 Å². The molecule has 6 nitrogen and oxygen atoms in total. The van der Waals surface area contributed by atoms with Gasteiger partial charge in [-0.3, -0.25) is 14.6 Å². The number of amides is 1. The van der Waals surface area contributed by atoms with Crippen LogP contribution in [0.15, 0.2) is 58.3 Å². The van der Waals surface area contributed by atoms with E-state index in [2.05, 4.69) is 17.0 Å². The topological polar surface area (TPSA) is 60.9 Å². The quantitative estimate of drug-likeness (QED) is 0.611. The maximum Gasteiger partial charge on any atom is 0.245 e. The fourth-order valence-electron chi connectivity index (χ4n) is 5.69. The standard InChI is InChI=1S/C26H33N3O3S2/c1-25(2)12-13-26(19-28(25)34(3,31)32)14-16-27(17-15-26)18-24(30)29-20-8-4-6-10-22(20)33-23-11-7-5-9-21(23)29/h4-11H,12-19H2,1-3H3. The molecule has 0 unspecified atom stereocenters. The molecule has 0 N–H and O–H groups in total. The monoisotopic (exact) mass is 499 g/mol. The van der Waals surface area contributed by atoms with Gasteiger partial charge in [0.1, 0.15) is 0 Å². The SMILES string of the molecule is CC1(C)CCC2(CCN(CC(=O)N3c4ccccc4Sc4ccccc43)CC2)CN1S(C)(=O)=O. The van der Waals surface area contributed by atoms with E-state index in [0.717, 1.165) is 59.9 Å². The lowest BCUT2D eigenvalue weighted by Crippen LogP contribution is -2.58. The number of anilines is 2. The number of rotatable bonds is 3. The number of carbonyl (C=O) groups excluding carboxylic acids is 1. The van der Waals surface area contributed by atoms with E-state index in [1.165, 1.54) is 6.26 Å². The average Bonchev–Trinajstić information content (AvgIpc) is 2.80. The van der Waals surface area contributed by atoms with Gasteiger partial charge in [-0.25, -0.2) is 8.42 Å². The zero-order chi connectivity index (χ0) is 24.1. The van der Waals surface area contributed by atoms with Crippen molar-refractivity contribution in [1.82, 2.24) is 9.21 Å². The van der Waals surface area contributed by atoms with Crippen LogP contribution < -0.4 is 4.90 Å². The Labute approximate surface area is 207 Å². The Balaban J connectivity index is 1.30. The molecule has 0 atom stereocenters. The number of fused-ring (bicyclic) bond motifs is 2. The van der Waals surface area contributed by atoms with Crippen molar-refractivity contribution < 1.29 is 13.2 Å². The summed E-state index contributed by atoms with van der Waals surface area (Å²) >= 11 is 1.71. The highest BCUT2D eigenvalue weighted by Crippen LogP contribution is 2.48. The van der Waals surface area contributed by atoms with E-state index in [0.29, 0.717) is 13.1 Å². The van der Waals surface area contributed by atoms with Gasteiger partial charge in [-0.2, -0.15) is 4.31 Å². The van der Waals surface area contributed by atoms with Gasteiger partial charge in [0.2, 0.25) is 15.9 Å². The summed E-state index contributed by atoms with van der Waals surface area (Å²) in [7, 11) is -3.26. The summed E-state index contributed by atoms with van der Waals surface area (Å²) in [5.41, 5.74) is 1.57. The highest BCUT2D eigenvalue weighted by Gasteiger charge is 2.48. The van der Waals surface area contributed by atoms with Crippen LogP contribution in [-0.4, -0.2) is 61.5 Å². The number of benzene rings is 2. The van der Waals surface area contributed by atoms with Crippen molar-refractivity contribution in [3.05, 3.63) is 48.5 Å². The molecule has 3 aliphatic heterocycles. The van der Waals surface area contributed by atoms with Crippen LogP contribution in [0.25, 0.3) is 0 Å². The summed E-state index contributed by atoms with van der Waals surface area (Å²) in [6.45, 7) is 6.64. The van der Waals surface area contributed by atoms with Crippen molar-refractivity contribution in [1.29, 1.82) is 0 Å². The molecule has 2 fully saturated rings. The van der Waals surface area contributed by atoms with E-state index in [1.54, 1.807) is 16.1 Å². The van der Waals surface area contributed by atoms with Crippen LogP contribution in [0.3, 0.4) is 0 Å². The highest BCUT2D eigenvalue weighted by atomic mass is 32.2. The third-order valence-electron chi connectivity index (χ3n) is 7.78. The Morgan fingerprint density at radius 2 is 1.47 bits per heavy atom. The first kappa shape index (κ1) is 23.9. The van der Waals surface area contributed by atoms with Crippen LogP contribution in [0.2, 0.25) is 0 Å². The Morgan fingerprint density at radius 3 is 2.03 bits per heavy atom. The first-order valence-electron chi connectivity index (χ1n) is 12.0. The van der Waals surface area contributed by atoms with E-state index in [9.17, 15) is 13.2 Å².